The molecule has 0 aromatic heterocycles. The summed E-state index contributed by atoms with van der Waals surface area (Å²) in [6.45, 7) is 8.01. The number of aliphatic hydroxyl groups is 1. The average molecular weight is 391 g/mol. The van der Waals surface area contributed by atoms with E-state index in [1.165, 1.54) is 0 Å². The van der Waals surface area contributed by atoms with Crippen molar-refractivity contribution >= 4 is 11.5 Å². The number of Topliss-reactive ketones (excluding diaryl/α,β-unsaturated/α-hetero) is 1. The predicted octanol–water partition coefficient (Wildman–Crippen LogP) is 3.68. The number of hydrogen-bond donors (Lipinski definition) is 2. The highest BCUT2D eigenvalue weighted by Crippen LogP contribution is 2.67. The molecule has 4 aliphatic rings. The van der Waals surface area contributed by atoms with E-state index in [2.05, 4.69) is 25.9 Å². The monoisotopic (exact) mass is 390 g/mol. The van der Waals surface area contributed by atoms with E-state index in [-0.39, 0.29) is 10.8 Å². The molecule has 0 aromatic rings. The smallest absolute Gasteiger partial charge is 0.139 e. The minimum atomic E-state index is -0.710. The molecule has 7 atom stereocenters. The topological polar surface area (TPSA) is 84.9 Å². The van der Waals surface area contributed by atoms with E-state index in [0.29, 0.717) is 49.0 Å². The number of oxime groups is 1. The maximum absolute atomic E-state index is 12.6. The molecule has 0 bridgehead atoms. The Labute approximate surface area is 169 Å². The fraction of sp³-hybridized carbons (Fsp3) is 0.913. The molecule has 0 aliphatic heterocycles. The summed E-state index contributed by atoms with van der Waals surface area (Å²) >= 11 is 0. The van der Waals surface area contributed by atoms with Gasteiger partial charge in [0.1, 0.15) is 12.4 Å². The lowest BCUT2D eigenvalue weighted by atomic mass is 9.41. The van der Waals surface area contributed by atoms with Crippen LogP contribution in [0.1, 0.15) is 78.6 Å². The zero-order chi connectivity index (χ0) is 20.2. The van der Waals surface area contributed by atoms with Gasteiger partial charge in [-0.15, -0.1) is 0 Å². The van der Waals surface area contributed by atoms with Crippen molar-refractivity contribution in [2.24, 2.45) is 45.4 Å². The number of nitrogens with two attached hydrogens (primary N) is 1. The number of hydrogen-bond acceptors (Lipinski definition) is 5. The lowest BCUT2D eigenvalue weighted by molar-refractivity contribution is -0.206. The van der Waals surface area contributed by atoms with Gasteiger partial charge in [-0.05, 0) is 75.2 Å². The summed E-state index contributed by atoms with van der Waals surface area (Å²) in [5.74, 6) is 2.50. The summed E-state index contributed by atoms with van der Waals surface area (Å²) in [5, 5.41) is 16.2. The molecule has 0 radical (unpaired) electrons. The van der Waals surface area contributed by atoms with Crippen molar-refractivity contribution in [3.8, 4) is 0 Å². The Bertz CT molecular complexity index is 664. The Morgan fingerprint density at radius 2 is 2.00 bits per heavy atom. The van der Waals surface area contributed by atoms with Crippen LogP contribution in [-0.2, 0) is 9.63 Å². The van der Waals surface area contributed by atoms with Gasteiger partial charge in [-0.25, -0.2) is 0 Å². The molecule has 4 saturated carbocycles. The molecule has 0 unspecified atom stereocenters. The van der Waals surface area contributed by atoms with Gasteiger partial charge in [0.2, 0.25) is 0 Å². The molecule has 28 heavy (non-hydrogen) atoms. The number of rotatable bonds is 4. The highest BCUT2D eigenvalue weighted by Gasteiger charge is 2.66. The summed E-state index contributed by atoms with van der Waals surface area (Å²) in [5.41, 5.74) is 5.60. The summed E-state index contributed by atoms with van der Waals surface area (Å²) < 4.78 is 0. The summed E-state index contributed by atoms with van der Waals surface area (Å²) in [6, 6.07) is 0. The van der Waals surface area contributed by atoms with E-state index in [0.717, 1.165) is 57.1 Å². The van der Waals surface area contributed by atoms with Gasteiger partial charge in [0, 0.05) is 23.7 Å². The summed E-state index contributed by atoms with van der Waals surface area (Å²) in [6.07, 6.45) is 8.00. The largest absolute Gasteiger partial charge is 0.396 e. The van der Waals surface area contributed by atoms with Crippen LogP contribution in [0.15, 0.2) is 5.16 Å². The highest BCUT2D eigenvalue weighted by atomic mass is 16.6. The van der Waals surface area contributed by atoms with E-state index in [1.54, 1.807) is 0 Å². The Balaban J connectivity index is 1.57. The second-order valence-electron chi connectivity index (χ2n) is 10.6. The van der Waals surface area contributed by atoms with E-state index < -0.39 is 5.60 Å². The Hall–Kier alpha value is -0.940. The average Bonchev–Trinajstić information content (AvgIpc) is 2.95. The SMILES string of the molecule is C[C@@H]1C[C@@]2(O)C/C(=N\OCCCN)CC[C@]2(C)[C@H]2CC[C@]3(C)C(=O)CC[C@H]3[C@H]12. The minimum Gasteiger partial charge on any atom is -0.396 e. The van der Waals surface area contributed by atoms with Crippen molar-refractivity contribution in [3.05, 3.63) is 0 Å². The lowest BCUT2D eigenvalue weighted by Crippen LogP contribution is -2.64. The second kappa shape index (κ2) is 7.09. The van der Waals surface area contributed by atoms with Crippen LogP contribution in [0, 0.1) is 34.5 Å². The third-order valence-corrected chi connectivity index (χ3v) is 9.30. The van der Waals surface area contributed by atoms with Gasteiger partial charge in [-0.3, -0.25) is 4.79 Å². The minimum absolute atomic E-state index is 0.0899. The van der Waals surface area contributed by atoms with Gasteiger partial charge in [-0.1, -0.05) is 25.9 Å². The van der Waals surface area contributed by atoms with Crippen LogP contribution in [0.2, 0.25) is 0 Å². The van der Waals surface area contributed by atoms with Crippen LogP contribution in [0.3, 0.4) is 0 Å². The van der Waals surface area contributed by atoms with Crippen molar-refractivity contribution in [2.45, 2.75) is 84.2 Å². The fourth-order valence-corrected chi connectivity index (χ4v) is 7.64. The normalized spacial score (nSPS) is 49.5. The van der Waals surface area contributed by atoms with E-state index in [1.807, 2.05) is 0 Å². The van der Waals surface area contributed by atoms with Crippen LogP contribution >= 0.6 is 0 Å². The number of nitrogens with zero attached hydrogens (tertiary/aromatic N) is 1. The number of carbonyl (C=O) groups excluding carboxylic acids is 1. The van der Waals surface area contributed by atoms with Crippen molar-refractivity contribution in [2.75, 3.05) is 13.2 Å². The molecule has 5 nitrogen and oxygen atoms in total. The van der Waals surface area contributed by atoms with Crippen molar-refractivity contribution < 1.29 is 14.7 Å². The molecular formula is C23H38N2O3. The van der Waals surface area contributed by atoms with Crippen LogP contribution in [0.5, 0.6) is 0 Å². The molecular weight excluding hydrogens is 352 g/mol. The van der Waals surface area contributed by atoms with Crippen LogP contribution < -0.4 is 5.73 Å². The van der Waals surface area contributed by atoms with Gasteiger partial charge in [0.05, 0.1) is 11.3 Å². The first kappa shape index (κ1) is 20.3. The molecule has 0 amide bonds. The Kier molecular flexibility index (Phi) is 5.15. The molecule has 4 fully saturated rings. The van der Waals surface area contributed by atoms with Crippen LogP contribution in [-0.4, -0.2) is 35.4 Å². The highest BCUT2D eigenvalue weighted by molar-refractivity contribution is 5.87. The first-order valence-corrected chi connectivity index (χ1v) is 11.4. The fourth-order valence-electron chi connectivity index (χ4n) is 7.64. The molecule has 0 saturated heterocycles. The molecule has 0 aromatic carbocycles. The van der Waals surface area contributed by atoms with Gasteiger partial charge >= 0.3 is 0 Å². The van der Waals surface area contributed by atoms with Gasteiger partial charge < -0.3 is 15.7 Å². The van der Waals surface area contributed by atoms with E-state index in [4.69, 9.17) is 10.6 Å². The summed E-state index contributed by atoms with van der Waals surface area (Å²) in [4.78, 5) is 18.1. The third kappa shape index (κ3) is 2.87. The maximum atomic E-state index is 12.6. The number of ketones is 1. The number of fused-ring (bicyclic) bond motifs is 5. The van der Waals surface area contributed by atoms with Gasteiger partial charge in [0.15, 0.2) is 0 Å². The van der Waals surface area contributed by atoms with Gasteiger partial charge in [0.25, 0.3) is 0 Å². The Morgan fingerprint density at radius 3 is 2.75 bits per heavy atom. The summed E-state index contributed by atoms with van der Waals surface area (Å²) in [7, 11) is 0. The second-order valence-corrected chi connectivity index (χ2v) is 10.6. The predicted molar refractivity (Wildman–Crippen MR) is 110 cm³/mol. The quantitative estimate of drug-likeness (QED) is 0.566. The van der Waals surface area contributed by atoms with Crippen molar-refractivity contribution in [1.29, 1.82) is 0 Å². The maximum Gasteiger partial charge on any atom is 0.139 e. The van der Waals surface area contributed by atoms with Gasteiger partial charge in [-0.2, -0.15) is 0 Å². The zero-order valence-electron chi connectivity index (χ0n) is 17.9. The zero-order valence-corrected chi connectivity index (χ0v) is 17.9. The lowest BCUT2D eigenvalue weighted by Gasteiger charge is -2.64. The van der Waals surface area contributed by atoms with E-state index >= 15 is 0 Å². The molecule has 4 aliphatic carbocycles. The van der Waals surface area contributed by atoms with Crippen molar-refractivity contribution in [1.82, 2.24) is 0 Å². The Morgan fingerprint density at radius 1 is 1.21 bits per heavy atom. The molecule has 0 spiro atoms. The van der Waals surface area contributed by atoms with Crippen LogP contribution in [0.4, 0.5) is 0 Å². The molecule has 4 rings (SSSR count). The first-order valence-electron chi connectivity index (χ1n) is 11.4. The van der Waals surface area contributed by atoms with Crippen molar-refractivity contribution in [3.63, 3.8) is 0 Å². The standard InChI is InChI=1S/C23H38N2O3/c1-15-13-23(27)14-16(25-28-12-4-11-24)7-10-22(23,3)18-8-9-21(2)17(20(15)18)5-6-19(21)26/h15,17-18,20,27H,4-14,24H2,1-3H3/b25-16-/t15-,17+,18+,20+,21+,22-,23-/m1/s1. The molecule has 5 heteroatoms. The molecule has 3 N–H and O–H groups in total. The molecule has 0 heterocycles. The third-order valence-electron chi connectivity index (χ3n) is 9.30. The number of carbonyl (C=O) groups is 1. The van der Waals surface area contributed by atoms with Crippen LogP contribution in [0.25, 0.3) is 0 Å². The molecule has 158 valence electrons. The first-order chi connectivity index (χ1) is 13.2. The van der Waals surface area contributed by atoms with E-state index in [9.17, 15) is 9.90 Å².